The van der Waals surface area contributed by atoms with Crippen molar-refractivity contribution in [2.45, 2.75) is 18.9 Å². The van der Waals surface area contributed by atoms with Gasteiger partial charge in [0.2, 0.25) is 0 Å². The summed E-state index contributed by atoms with van der Waals surface area (Å²) in [7, 11) is 0. The number of halogens is 1. The Labute approximate surface area is 154 Å². The lowest BCUT2D eigenvalue weighted by Gasteiger charge is -2.43. The lowest BCUT2D eigenvalue weighted by molar-refractivity contribution is 0.180. The molecule has 1 N–H and O–H groups in total. The molecule has 0 amide bonds. The van der Waals surface area contributed by atoms with Gasteiger partial charge in [-0.25, -0.2) is 0 Å². The number of fused-ring (bicyclic) bond motifs is 4. The number of hydrogen-bond acceptors (Lipinski definition) is 2. The highest BCUT2D eigenvalue weighted by Crippen LogP contribution is 2.35. The molecule has 1 fully saturated rings. The monoisotopic (exact) mass is 403 g/mol. The fourth-order valence-corrected chi connectivity index (χ4v) is 4.33. The molecule has 2 aromatic rings. The molecule has 6 heteroatoms. The quantitative estimate of drug-likeness (QED) is 0.740. The van der Waals surface area contributed by atoms with Gasteiger partial charge in [-0.1, -0.05) is 22.0 Å². The average Bonchev–Trinajstić information content (AvgIpc) is 2.58. The van der Waals surface area contributed by atoms with Gasteiger partial charge in [0.25, 0.3) is 5.56 Å². The van der Waals surface area contributed by atoms with Gasteiger partial charge in [-0.05, 0) is 54.9 Å². The summed E-state index contributed by atoms with van der Waals surface area (Å²) in [4.78, 5) is 14.3. The topological polar surface area (TPSA) is 37.3 Å². The number of pyridine rings is 1. The number of hydrogen-bond donors (Lipinski definition) is 1. The molecular weight excluding hydrogens is 386 g/mol. The summed E-state index contributed by atoms with van der Waals surface area (Å²) in [5.41, 5.74) is 2.26. The first-order chi connectivity index (χ1) is 11.6. The molecule has 2 aliphatic heterocycles. The van der Waals surface area contributed by atoms with Gasteiger partial charge in [-0.2, -0.15) is 0 Å². The molecule has 0 spiro atoms. The second kappa shape index (κ2) is 6.33. The summed E-state index contributed by atoms with van der Waals surface area (Å²) in [6, 6.07) is 13.6. The molecule has 2 atom stereocenters. The molecule has 24 heavy (non-hydrogen) atoms. The normalized spacial score (nSPS) is 22.0. The fraction of sp³-hybridized carbons (Fsp3) is 0.333. The van der Waals surface area contributed by atoms with E-state index in [1.165, 1.54) is 0 Å². The zero-order chi connectivity index (χ0) is 16.7. The number of anilines is 1. The number of aromatic nitrogens is 1. The van der Waals surface area contributed by atoms with Gasteiger partial charge in [-0.3, -0.25) is 4.79 Å². The predicted molar refractivity (Wildman–Crippen MR) is 103 cm³/mol. The second-order valence-electron chi connectivity index (χ2n) is 6.54. The van der Waals surface area contributed by atoms with Crippen LogP contribution in [0.2, 0.25) is 0 Å². The molecular formula is C18H18BrN3OS. The van der Waals surface area contributed by atoms with Gasteiger partial charge in [-0.15, -0.1) is 0 Å². The van der Waals surface area contributed by atoms with E-state index in [0.29, 0.717) is 11.8 Å². The van der Waals surface area contributed by atoms with E-state index in [0.717, 1.165) is 47.0 Å². The van der Waals surface area contributed by atoms with Crippen LogP contribution in [0.15, 0.2) is 51.7 Å². The minimum Gasteiger partial charge on any atom is -0.348 e. The third-order valence-corrected chi connectivity index (χ3v) is 5.75. The van der Waals surface area contributed by atoms with Gasteiger partial charge in [0.1, 0.15) is 0 Å². The Morgan fingerprint density at radius 2 is 1.92 bits per heavy atom. The zero-order valence-corrected chi connectivity index (χ0v) is 15.5. The van der Waals surface area contributed by atoms with E-state index < -0.39 is 0 Å². The van der Waals surface area contributed by atoms with Crippen molar-refractivity contribution in [1.29, 1.82) is 0 Å². The molecule has 1 saturated heterocycles. The summed E-state index contributed by atoms with van der Waals surface area (Å²) in [6.07, 6.45) is 1.14. The number of rotatable bonds is 1. The van der Waals surface area contributed by atoms with Gasteiger partial charge < -0.3 is 14.8 Å². The van der Waals surface area contributed by atoms with Crippen molar-refractivity contribution in [3.05, 3.63) is 63.0 Å². The van der Waals surface area contributed by atoms with Gasteiger partial charge in [0, 0.05) is 47.5 Å². The van der Waals surface area contributed by atoms with E-state index in [1.54, 1.807) is 6.07 Å². The summed E-state index contributed by atoms with van der Waals surface area (Å²) in [6.45, 7) is 2.56. The van der Waals surface area contributed by atoms with Crippen molar-refractivity contribution in [3.8, 4) is 0 Å². The number of nitrogens with zero attached hydrogens (tertiary/aromatic N) is 2. The van der Waals surface area contributed by atoms with Gasteiger partial charge >= 0.3 is 0 Å². The minimum absolute atomic E-state index is 0.117. The summed E-state index contributed by atoms with van der Waals surface area (Å²) < 4.78 is 3.00. The van der Waals surface area contributed by atoms with Crippen LogP contribution in [-0.4, -0.2) is 27.7 Å². The maximum Gasteiger partial charge on any atom is 0.250 e. The molecule has 0 saturated carbocycles. The minimum atomic E-state index is 0.117. The molecule has 0 radical (unpaired) electrons. The standard InChI is InChI=1S/C18H18BrN3OS/c19-14-4-6-15(7-5-14)20-18(24)21-9-12-8-13(11-21)16-2-1-3-17(23)22(16)10-12/h1-7,12-13H,8-11H2,(H,20,24)/t12-,13+/m0/s1. The van der Waals surface area contributed by atoms with E-state index in [2.05, 4.69) is 32.2 Å². The average molecular weight is 404 g/mol. The Morgan fingerprint density at radius 3 is 2.71 bits per heavy atom. The first kappa shape index (κ1) is 15.8. The molecule has 2 bridgehead atoms. The number of thiocarbonyl (C=S) groups is 1. The van der Waals surface area contributed by atoms with Crippen molar-refractivity contribution >= 4 is 38.9 Å². The van der Waals surface area contributed by atoms with Crippen LogP contribution in [0.25, 0.3) is 0 Å². The summed E-state index contributed by atoms with van der Waals surface area (Å²) in [5, 5.41) is 4.09. The number of piperidine rings is 1. The lowest BCUT2D eigenvalue weighted by Crippen LogP contribution is -2.50. The molecule has 4 rings (SSSR count). The largest absolute Gasteiger partial charge is 0.348 e. The number of likely N-dealkylation sites (tertiary alicyclic amines) is 1. The molecule has 0 unspecified atom stereocenters. The Kier molecular flexibility index (Phi) is 4.18. The molecule has 3 heterocycles. The molecule has 124 valence electrons. The molecule has 1 aromatic heterocycles. The Bertz CT molecular complexity index is 833. The Morgan fingerprint density at radius 1 is 1.12 bits per heavy atom. The smallest absolute Gasteiger partial charge is 0.250 e. The second-order valence-corrected chi connectivity index (χ2v) is 7.84. The first-order valence-corrected chi connectivity index (χ1v) is 9.31. The third-order valence-electron chi connectivity index (χ3n) is 4.86. The van der Waals surface area contributed by atoms with E-state index in [9.17, 15) is 4.79 Å². The fourth-order valence-electron chi connectivity index (χ4n) is 3.80. The van der Waals surface area contributed by atoms with Gasteiger partial charge in [0.05, 0.1) is 0 Å². The number of nitrogens with one attached hydrogen (secondary N) is 1. The predicted octanol–water partition coefficient (Wildman–Crippen LogP) is 3.43. The van der Waals surface area contributed by atoms with E-state index in [1.807, 2.05) is 34.9 Å². The van der Waals surface area contributed by atoms with Crippen LogP contribution < -0.4 is 10.9 Å². The van der Waals surface area contributed by atoms with Crippen LogP contribution >= 0.6 is 28.1 Å². The van der Waals surface area contributed by atoms with E-state index in [-0.39, 0.29) is 5.56 Å². The molecule has 0 aliphatic carbocycles. The SMILES string of the molecule is O=c1cccc2n1C[C@H]1C[C@@H]2CN(C(=S)Nc2ccc(Br)cc2)C1. The number of benzene rings is 1. The van der Waals surface area contributed by atoms with Crippen molar-refractivity contribution in [2.75, 3.05) is 18.4 Å². The highest BCUT2D eigenvalue weighted by molar-refractivity contribution is 9.10. The van der Waals surface area contributed by atoms with E-state index in [4.69, 9.17) is 12.2 Å². The van der Waals surface area contributed by atoms with Crippen LogP contribution in [-0.2, 0) is 6.54 Å². The Balaban J connectivity index is 1.52. The first-order valence-electron chi connectivity index (χ1n) is 8.11. The molecule has 2 aliphatic rings. The van der Waals surface area contributed by atoms with Crippen LogP contribution in [0.4, 0.5) is 5.69 Å². The highest BCUT2D eigenvalue weighted by Gasteiger charge is 2.35. The maximum absolute atomic E-state index is 12.1. The maximum atomic E-state index is 12.1. The van der Waals surface area contributed by atoms with E-state index >= 15 is 0 Å². The Hall–Kier alpha value is -1.66. The molecule has 4 nitrogen and oxygen atoms in total. The van der Waals surface area contributed by atoms with Crippen LogP contribution in [0.3, 0.4) is 0 Å². The van der Waals surface area contributed by atoms with Crippen molar-refractivity contribution in [2.24, 2.45) is 5.92 Å². The molecule has 1 aromatic carbocycles. The van der Waals surface area contributed by atoms with Crippen LogP contribution in [0, 0.1) is 5.92 Å². The lowest BCUT2D eigenvalue weighted by atomic mass is 9.83. The third kappa shape index (κ3) is 3.00. The van der Waals surface area contributed by atoms with Crippen molar-refractivity contribution in [3.63, 3.8) is 0 Å². The highest BCUT2D eigenvalue weighted by atomic mass is 79.9. The zero-order valence-electron chi connectivity index (χ0n) is 13.1. The van der Waals surface area contributed by atoms with Crippen molar-refractivity contribution in [1.82, 2.24) is 9.47 Å². The van der Waals surface area contributed by atoms with Crippen LogP contribution in [0.1, 0.15) is 18.0 Å². The van der Waals surface area contributed by atoms with Crippen molar-refractivity contribution < 1.29 is 0 Å². The van der Waals surface area contributed by atoms with Gasteiger partial charge in [0.15, 0.2) is 5.11 Å². The summed E-state index contributed by atoms with van der Waals surface area (Å²) >= 11 is 9.07. The summed E-state index contributed by atoms with van der Waals surface area (Å²) in [5.74, 6) is 0.845. The van der Waals surface area contributed by atoms with Crippen LogP contribution in [0.5, 0.6) is 0 Å².